The van der Waals surface area contributed by atoms with Gasteiger partial charge in [0.05, 0.1) is 0 Å². The summed E-state index contributed by atoms with van der Waals surface area (Å²) in [6.07, 6.45) is 18.5. The normalized spacial score (nSPS) is 30.4. The van der Waals surface area contributed by atoms with Crippen LogP contribution in [-0.4, -0.2) is 12.4 Å². The molecule has 0 nitrogen and oxygen atoms in total. The van der Waals surface area contributed by atoms with E-state index in [1.807, 2.05) is 0 Å². The van der Waals surface area contributed by atoms with Crippen molar-refractivity contribution in [1.82, 2.24) is 0 Å². The second-order valence-corrected chi connectivity index (χ2v) is 9.21. The fraction of sp³-hybridized carbons (Fsp3) is 0.615. The Morgan fingerprint density at radius 1 is 0.667 bits per heavy atom. The second kappa shape index (κ2) is 12.9. The third-order valence-electron chi connectivity index (χ3n) is 6.77. The van der Waals surface area contributed by atoms with Crippen molar-refractivity contribution in [3.05, 3.63) is 60.4 Å². The summed E-state index contributed by atoms with van der Waals surface area (Å²) >= 11 is 0. The Labute approximate surface area is 212 Å². The Kier molecular flexibility index (Phi) is 11.2. The van der Waals surface area contributed by atoms with Crippen LogP contribution in [-0.2, 0) is 26.2 Å². The van der Waals surface area contributed by atoms with Gasteiger partial charge in [-0.05, 0) is 0 Å². The maximum atomic E-state index is 11.6. The Balaban J connectivity index is 0.000000155. The third-order valence-corrected chi connectivity index (χ3v) is 6.77. The van der Waals surface area contributed by atoms with Gasteiger partial charge in [0, 0.05) is 0 Å². The van der Waals surface area contributed by atoms with Crippen molar-refractivity contribution in [3.63, 3.8) is 0 Å². The van der Waals surface area contributed by atoms with Crippen LogP contribution < -0.4 is 0 Å². The molecule has 7 heteroatoms. The molecular formula is C26H30F6Zr. The van der Waals surface area contributed by atoms with Crippen LogP contribution in [0.4, 0.5) is 26.3 Å². The minimum absolute atomic E-state index is 0. The van der Waals surface area contributed by atoms with Crippen molar-refractivity contribution < 1.29 is 52.5 Å². The standard InChI is InChI=1S/2C7H11.2C6H4F3.Zr/c2*1-2-7-4-3-6(1)5-7;2*7-6(8,9)5-3-1-2-4-5;/h2*1,6-7H,2-5H2;2*1,3H,2H2;/q4*-1;+4. The second-order valence-electron chi connectivity index (χ2n) is 9.21. The van der Waals surface area contributed by atoms with E-state index in [9.17, 15) is 26.3 Å². The molecule has 4 saturated carbocycles. The summed E-state index contributed by atoms with van der Waals surface area (Å²) in [6.45, 7) is 0. The molecule has 0 radical (unpaired) electrons. The minimum Gasteiger partial charge on any atom is -0.325 e. The van der Waals surface area contributed by atoms with E-state index in [-0.39, 0.29) is 39.0 Å². The molecule has 0 aromatic carbocycles. The van der Waals surface area contributed by atoms with Crippen LogP contribution in [0, 0.1) is 48.7 Å². The number of halogens is 6. The smallest absolute Gasteiger partial charge is 0.325 e. The minimum atomic E-state index is -4.20. The van der Waals surface area contributed by atoms with Crippen LogP contribution in [0.3, 0.4) is 0 Å². The number of hydrogen-bond donors (Lipinski definition) is 0. The van der Waals surface area contributed by atoms with Crippen molar-refractivity contribution in [2.24, 2.45) is 23.7 Å². The topological polar surface area (TPSA) is 0 Å². The quantitative estimate of drug-likeness (QED) is 0.211. The van der Waals surface area contributed by atoms with E-state index in [2.05, 4.69) is 25.0 Å². The number of hydrogen-bond acceptors (Lipinski definition) is 0. The maximum Gasteiger partial charge on any atom is 4.00 e. The van der Waals surface area contributed by atoms with Crippen LogP contribution in [0.2, 0.25) is 0 Å². The molecule has 0 aromatic rings. The monoisotopic (exact) mass is 546 g/mol. The van der Waals surface area contributed by atoms with E-state index in [1.54, 1.807) is 0 Å². The summed E-state index contributed by atoms with van der Waals surface area (Å²) in [5.41, 5.74) is -1.30. The van der Waals surface area contributed by atoms with E-state index >= 15 is 0 Å². The van der Waals surface area contributed by atoms with Gasteiger partial charge >= 0.3 is 38.6 Å². The number of alkyl halides is 6. The zero-order chi connectivity index (χ0) is 23.2. The van der Waals surface area contributed by atoms with Crippen LogP contribution in [0.25, 0.3) is 0 Å². The molecular weight excluding hydrogens is 517 g/mol. The molecule has 6 rings (SSSR count). The summed E-state index contributed by atoms with van der Waals surface area (Å²) in [7, 11) is 0. The molecule has 33 heavy (non-hydrogen) atoms. The first kappa shape index (κ1) is 28.7. The maximum absolute atomic E-state index is 11.6. The molecule has 0 saturated heterocycles. The Bertz CT molecular complexity index is 630. The molecule has 4 atom stereocenters. The molecule has 4 bridgehead atoms. The summed E-state index contributed by atoms with van der Waals surface area (Å²) in [6, 6.07) is 0. The average Bonchev–Trinajstić information content (AvgIpc) is 3.60. The van der Waals surface area contributed by atoms with Crippen LogP contribution in [0.5, 0.6) is 0 Å². The number of rotatable bonds is 0. The molecule has 0 amide bonds. The van der Waals surface area contributed by atoms with Gasteiger partial charge in [0.15, 0.2) is 0 Å². The molecule has 6 aliphatic carbocycles. The van der Waals surface area contributed by atoms with Gasteiger partial charge in [-0.15, -0.1) is 24.0 Å². The molecule has 0 aliphatic heterocycles. The van der Waals surface area contributed by atoms with Crippen molar-refractivity contribution in [2.45, 2.75) is 76.6 Å². The fourth-order valence-electron chi connectivity index (χ4n) is 5.05. The van der Waals surface area contributed by atoms with Crippen molar-refractivity contribution >= 4 is 0 Å². The van der Waals surface area contributed by atoms with Gasteiger partial charge in [-0.2, -0.15) is 63.2 Å². The van der Waals surface area contributed by atoms with Crippen LogP contribution in [0.15, 0.2) is 35.5 Å². The summed E-state index contributed by atoms with van der Waals surface area (Å²) in [4.78, 5) is 0. The first-order chi connectivity index (χ1) is 15.1. The summed E-state index contributed by atoms with van der Waals surface area (Å²) in [5.74, 6) is 4.32. The summed E-state index contributed by atoms with van der Waals surface area (Å²) < 4.78 is 69.7. The first-order valence-corrected chi connectivity index (χ1v) is 11.5. The SMILES string of the molecule is FC(F)(F)C1=[C-]CC=C1.FC(F)(F)C1=[C-]CC=C1.[CH-]1CC2CCC1C2.[CH-]1CC2CCC1C2.[Zr+4]. The third kappa shape index (κ3) is 9.53. The Hall–Kier alpha value is -0.577. The van der Waals surface area contributed by atoms with Crippen LogP contribution >= 0.6 is 0 Å². The van der Waals surface area contributed by atoms with Crippen molar-refractivity contribution in [1.29, 1.82) is 0 Å². The molecule has 0 heterocycles. The van der Waals surface area contributed by atoms with Gasteiger partial charge in [0.1, 0.15) is 0 Å². The molecule has 4 unspecified atom stereocenters. The van der Waals surface area contributed by atoms with E-state index < -0.39 is 23.5 Å². The number of allylic oxidation sites excluding steroid dienone is 8. The number of fused-ring (bicyclic) bond motifs is 4. The van der Waals surface area contributed by atoms with Gasteiger partial charge < -0.3 is 12.8 Å². The molecule has 0 aromatic heterocycles. The van der Waals surface area contributed by atoms with Gasteiger partial charge in [-0.3, -0.25) is 12.2 Å². The summed E-state index contributed by atoms with van der Waals surface area (Å²) in [5, 5.41) is 0. The van der Waals surface area contributed by atoms with E-state index in [1.165, 1.54) is 63.5 Å². The van der Waals surface area contributed by atoms with E-state index in [4.69, 9.17) is 0 Å². The Morgan fingerprint density at radius 2 is 1.06 bits per heavy atom. The molecule has 0 N–H and O–H groups in total. The van der Waals surface area contributed by atoms with Gasteiger partial charge in [-0.25, -0.2) is 12.2 Å². The zero-order valence-corrected chi connectivity index (χ0v) is 21.1. The van der Waals surface area contributed by atoms with Gasteiger partial charge in [-0.1, -0.05) is 50.4 Å². The van der Waals surface area contributed by atoms with Crippen molar-refractivity contribution in [3.8, 4) is 0 Å². The van der Waals surface area contributed by atoms with E-state index in [0.717, 1.165) is 35.8 Å². The molecule has 0 spiro atoms. The van der Waals surface area contributed by atoms with Crippen molar-refractivity contribution in [2.75, 3.05) is 0 Å². The Morgan fingerprint density at radius 3 is 1.15 bits per heavy atom. The first-order valence-electron chi connectivity index (χ1n) is 11.5. The predicted molar refractivity (Wildman–Crippen MR) is 113 cm³/mol. The molecule has 4 fully saturated rings. The fourth-order valence-corrected chi connectivity index (χ4v) is 5.05. The van der Waals surface area contributed by atoms with Gasteiger partial charge in [0.2, 0.25) is 0 Å². The zero-order valence-electron chi connectivity index (χ0n) is 18.6. The van der Waals surface area contributed by atoms with E-state index in [0.29, 0.717) is 0 Å². The predicted octanol–water partition coefficient (Wildman–Crippen LogP) is 8.50. The van der Waals surface area contributed by atoms with Crippen LogP contribution in [0.1, 0.15) is 64.2 Å². The largest absolute Gasteiger partial charge is 4.00 e. The molecule has 6 aliphatic rings. The average molecular weight is 548 g/mol. The molecule has 180 valence electrons. The van der Waals surface area contributed by atoms with Gasteiger partial charge in [0.25, 0.3) is 0 Å².